The van der Waals surface area contributed by atoms with Crippen molar-refractivity contribution in [2.45, 2.75) is 6.54 Å². The van der Waals surface area contributed by atoms with E-state index in [4.69, 9.17) is 22.1 Å². The van der Waals surface area contributed by atoms with Crippen molar-refractivity contribution in [1.29, 1.82) is 0 Å². The molecule has 0 bridgehead atoms. The summed E-state index contributed by atoms with van der Waals surface area (Å²) in [5, 5.41) is 3.66. The fourth-order valence-electron chi connectivity index (χ4n) is 1.61. The summed E-state index contributed by atoms with van der Waals surface area (Å²) in [7, 11) is 1.65. The van der Waals surface area contributed by atoms with Crippen molar-refractivity contribution in [2.75, 3.05) is 18.2 Å². The van der Waals surface area contributed by atoms with Crippen molar-refractivity contribution in [3.63, 3.8) is 0 Å². The van der Waals surface area contributed by atoms with E-state index in [1.165, 1.54) is 0 Å². The highest BCUT2D eigenvalue weighted by molar-refractivity contribution is 6.33. The Kier molecular flexibility index (Phi) is 3.89. The average molecular weight is 264 g/mol. The third-order valence-electron chi connectivity index (χ3n) is 2.50. The second kappa shape index (κ2) is 5.60. The first kappa shape index (κ1) is 12.5. The molecular formula is C13H14ClN3O. The molecule has 2 rings (SSSR count). The van der Waals surface area contributed by atoms with E-state index in [1.54, 1.807) is 19.4 Å². The highest BCUT2D eigenvalue weighted by atomic mass is 35.5. The van der Waals surface area contributed by atoms with E-state index >= 15 is 0 Å². The van der Waals surface area contributed by atoms with Crippen LogP contribution in [0.4, 0.5) is 11.5 Å². The van der Waals surface area contributed by atoms with Gasteiger partial charge in [-0.25, -0.2) is 4.98 Å². The number of halogens is 1. The van der Waals surface area contributed by atoms with E-state index in [9.17, 15) is 0 Å². The van der Waals surface area contributed by atoms with Gasteiger partial charge in [0.1, 0.15) is 11.6 Å². The molecule has 0 unspecified atom stereocenters. The van der Waals surface area contributed by atoms with Crippen LogP contribution in [0.25, 0.3) is 0 Å². The highest BCUT2D eigenvalue weighted by Crippen LogP contribution is 2.23. The molecule has 0 aliphatic rings. The molecule has 4 nitrogen and oxygen atoms in total. The number of benzene rings is 1. The summed E-state index contributed by atoms with van der Waals surface area (Å²) in [5.41, 5.74) is 7.17. The Morgan fingerprint density at radius 3 is 2.89 bits per heavy atom. The first-order valence-electron chi connectivity index (χ1n) is 5.47. The molecule has 0 atom stereocenters. The smallest absolute Gasteiger partial charge is 0.145 e. The van der Waals surface area contributed by atoms with Gasteiger partial charge in [0.25, 0.3) is 0 Å². The Labute approximate surface area is 111 Å². The molecule has 0 aliphatic carbocycles. The molecule has 1 heterocycles. The Hall–Kier alpha value is -1.94. The second-order valence-corrected chi connectivity index (χ2v) is 4.17. The number of rotatable bonds is 4. The Morgan fingerprint density at radius 2 is 2.17 bits per heavy atom. The molecule has 1 aromatic heterocycles. The normalized spacial score (nSPS) is 10.1. The predicted molar refractivity (Wildman–Crippen MR) is 74.0 cm³/mol. The summed E-state index contributed by atoms with van der Waals surface area (Å²) in [4.78, 5) is 4.14. The third-order valence-corrected chi connectivity index (χ3v) is 2.79. The van der Waals surface area contributed by atoms with Crippen molar-refractivity contribution in [3.05, 3.63) is 47.1 Å². The number of nitrogen functional groups attached to an aromatic ring is 1. The maximum absolute atomic E-state index is 6.03. The molecule has 3 N–H and O–H groups in total. The topological polar surface area (TPSA) is 60.2 Å². The molecule has 18 heavy (non-hydrogen) atoms. The lowest BCUT2D eigenvalue weighted by Crippen LogP contribution is -2.04. The predicted octanol–water partition coefficient (Wildman–Crippen LogP) is 2.94. The Balaban J connectivity index is 2.11. The number of methoxy groups -OCH3 is 1. The molecule has 0 aliphatic heterocycles. The van der Waals surface area contributed by atoms with E-state index in [2.05, 4.69) is 10.3 Å². The zero-order valence-corrected chi connectivity index (χ0v) is 10.7. The van der Waals surface area contributed by atoms with Crippen molar-refractivity contribution in [3.8, 4) is 5.75 Å². The molecule has 0 fully saturated rings. The van der Waals surface area contributed by atoms with Crippen LogP contribution in [0.1, 0.15) is 5.56 Å². The highest BCUT2D eigenvalue weighted by Gasteiger charge is 2.05. The number of ether oxygens (including phenoxy) is 1. The van der Waals surface area contributed by atoms with Gasteiger partial charge in [-0.2, -0.15) is 0 Å². The minimum Gasteiger partial charge on any atom is -0.496 e. The first-order valence-corrected chi connectivity index (χ1v) is 5.85. The lowest BCUT2D eigenvalue weighted by atomic mass is 10.2. The standard InChI is InChI=1S/C13H14ClN3O/c1-18-12-5-3-2-4-9(12)7-16-13-11(14)6-10(15)8-17-13/h2-6,8H,7,15H2,1H3,(H,16,17). The van der Waals surface area contributed by atoms with Crippen molar-refractivity contribution < 1.29 is 4.74 Å². The molecule has 0 saturated carbocycles. The largest absolute Gasteiger partial charge is 0.496 e. The van der Waals surface area contributed by atoms with Gasteiger partial charge in [0, 0.05) is 12.1 Å². The number of pyridine rings is 1. The van der Waals surface area contributed by atoms with Crippen molar-refractivity contribution in [1.82, 2.24) is 4.98 Å². The maximum Gasteiger partial charge on any atom is 0.145 e. The Morgan fingerprint density at radius 1 is 1.39 bits per heavy atom. The third kappa shape index (κ3) is 2.84. The number of nitrogens with zero attached hydrogens (tertiary/aromatic N) is 1. The fraction of sp³-hybridized carbons (Fsp3) is 0.154. The molecule has 0 saturated heterocycles. The van der Waals surface area contributed by atoms with Crippen LogP contribution < -0.4 is 15.8 Å². The van der Waals surface area contributed by atoms with Crippen molar-refractivity contribution in [2.24, 2.45) is 0 Å². The minimum atomic E-state index is 0.505. The number of aromatic nitrogens is 1. The van der Waals surface area contributed by atoms with Gasteiger partial charge in [0.05, 0.1) is 24.0 Å². The number of para-hydroxylation sites is 1. The molecule has 0 spiro atoms. The monoisotopic (exact) mass is 263 g/mol. The maximum atomic E-state index is 6.03. The summed E-state index contributed by atoms with van der Waals surface area (Å²) in [6, 6.07) is 9.44. The van der Waals surface area contributed by atoms with Gasteiger partial charge in [-0.1, -0.05) is 29.8 Å². The first-order chi connectivity index (χ1) is 8.70. The summed E-state index contributed by atoms with van der Waals surface area (Å²) >= 11 is 6.03. The van der Waals surface area contributed by atoms with Crippen LogP contribution in [0.15, 0.2) is 36.5 Å². The van der Waals surface area contributed by atoms with Crippen LogP contribution in [0.5, 0.6) is 5.75 Å². The van der Waals surface area contributed by atoms with Gasteiger partial charge in [-0.05, 0) is 12.1 Å². The van der Waals surface area contributed by atoms with Crippen LogP contribution in [-0.2, 0) is 6.54 Å². The number of nitrogens with one attached hydrogen (secondary N) is 1. The number of hydrogen-bond acceptors (Lipinski definition) is 4. The lowest BCUT2D eigenvalue weighted by molar-refractivity contribution is 0.410. The van der Waals surface area contributed by atoms with Gasteiger partial charge >= 0.3 is 0 Å². The van der Waals surface area contributed by atoms with E-state index in [0.29, 0.717) is 23.1 Å². The zero-order valence-electron chi connectivity index (χ0n) is 9.98. The van der Waals surface area contributed by atoms with E-state index in [-0.39, 0.29) is 0 Å². The molecule has 2 aromatic rings. The summed E-state index contributed by atoms with van der Waals surface area (Å²) in [6.45, 7) is 0.584. The molecule has 0 radical (unpaired) electrons. The summed E-state index contributed by atoms with van der Waals surface area (Å²) < 4.78 is 5.27. The van der Waals surface area contributed by atoms with Crippen LogP contribution in [0.3, 0.4) is 0 Å². The van der Waals surface area contributed by atoms with Crippen LogP contribution in [-0.4, -0.2) is 12.1 Å². The number of nitrogens with two attached hydrogens (primary N) is 1. The summed E-state index contributed by atoms with van der Waals surface area (Å²) in [6.07, 6.45) is 1.57. The van der Waals surface area contributed by atoms with E-state index < -0.39 is 0 Å². The van der Waals surface area contributed by atoms with Gasteiger partial charge in [-0.15, -0.1) is 0 Å². The van der Waals surface area contributed by atoms with Crippen LogP contribution >= 0.6 is 11.6 Å². The molecule has 5 heteroatoms. The molecular weight excluding hydrogens is 250 g/mol. The Bertz CT molecular complexity index is 546. The van der Waals surface area contributed by atoms with Gasteiger partial charge in [-0.3, -0.25) is 0 Å². The SMILES string of the molecule is COc1ccccc1CNc1ncc(N)cc1Cl. The van der Waals surface area contributed by atoms with Crippen LogP contribution in [0, 0.1) is 0 Å². The quantitative estimate of drug-likeness (QED) is 0.890. The molecule has 1 aromatic carbocycles. The minimum absolute atomic E-state index is 0.505. The van der Waals surface area contributed by atoms with Crippen LogP contribution in [0.2, 0.25) is 5.02 Å². The van der Waals surface area contributed by atoms with Gasteiger partial charge in [0.15, 0.2) is 0 Å². The number of anilines is 2. The summed E-state index contributed by atoms with van der Waals surface area (Å²) in [5.74, 6) is 1.44. The lowest BCUT2D eigenvalue weighted by Gasteiger charge is -2.10. The van der Waals surface area contributed by atoms with E-state index in [0.717, 1.165) is 11.3 Å². The molecule has 0 amide bonds. The number of hydrogen-bond donors (Lipinski definition) is 2. The van der Waals surface area contributed by atoms with E-state index in [1.807, 2.05) is 24.3 Å². The van der Waals surface area contributed by atoms with Crippen molar-refractivity contribution >= 4 is 23.1 Å². The van der Waals surface area contributed by atoms with Gasteiger partial charge < -0.3 is 15.8 Å². The second-order valence-electron chi connectivity index (χ2n) is 3.76. The average Bonchev–Trinajstić information content (AvgIpc) is 2.38. The molecule has 94 valence electrons. The fourth-order valence-corrected chi connectivity index (χ4v) is 1.85. The van der Waals surface area contributed by atoms with Gasteiger partial charge in [0.2, 0.25) is 0 Å². The zero-order chi connectivity index (χ0) is 13.0.